The van der Waals surface area contributed by atoms with Gasteiger partial charge in [0.2, 0.25) is 0 Å². The minimum absolute atomic E-state index is 0.0220. The summed E-state index contributed by atoms with van der Waals surface area (Å²) in [6.45, 7) is 27.4. The molecular formula is C24H44MoN5O2-3. The molecular weight excluding hydrogens is 486 g/mol. The largest absolute Gasteiger partial charge is 0.673 e. The van der Waals surface area contributed by atoms with E-state index in [2.05, 4.69) is 107 Å². The topological polar surface area (TPSA) is 96.1 Å². The van der Waals surface area contributed by atoms with Crippen LogP contribution >= 0.6 is 0 Å². The molecule has 186 valence electrons. The zero-order chi connectivity index (χ0) is 25.8. The zero-order valence-electron chi connectivity index (χ0n) is 22.3. The van der Waals surface area contributed by atoms with Crippen molar-refractivity contribution < 1.29 is 23.1 Å². The molecule has 0 saturated carbocycles. The van der Waals surface area contributed by atoms with Crippen molar-refractivity contribution in [1.29, 1.82) is 0 Å². The first kappa shape index (κ1) is 33.0. The Balaban J connectivity index is 0. The van der Waals surface area contributed by atoms with Crippen LogP contribution in [-0.2, 0) is 18.2 Å². The van der Waals surface area contributed by atoms with Crippen molar-refractivity contribution in [3.63, 3.8) is 0 Å². The monoisotopic (exact) mass is 532 g/mol. The van der Waals surface area contributed by atoms with Gasteiger partial charge in [-0.05, 0) is 0 Å². The van der Waals surface area contributed by atoms with Crippen molar-refractivity contribution in [2.75, 3.05) is 0 Å². The fraction of sp³-hybridized carbons (Fsp3) is 0.750. The van der Waals surface area contributed by atoms with Crippen molar-refractivity contribution in [2.24, 2.45) is 6.99 Å². The summed E-state index contributed by atoms with van der Waals surface area (Å²) in [6.07, 6.45) is 0.102. The first-order chi connectivity index (χ1) is 14.1. The maximum absolute atomic E-state index is 9.99. The SMILES string of the molecule is CC(C)(C)[N]=[Mo]=[N]C(C)(C)C.CC([N-]C(C)(C)C)[N-]C(C)(C)C.O=[N+]([O-])c1cc[c-]cc1. The van der Waals surface area contributed by atoms with E-state index in [1.54, 1.807) is 0 Å². The van der Waals surface area contributed by atoms with E-state index in [1.165, 1.54) is 24.3 Å². The number of non-ortho nitro benzene ring substituents is 1. The van der Waals surface area contributed by atoms with Crippen LogP contribution in [0.5, 0.6) is 0 Å². The molecule has 0 heterocycles. The Morgan fingerprint density at radius 3 is 1.41 bits per heavy atom. The predicted octanol–water partition coefficient (Wildman–Crippen LogP) is 8.10. The second kappa shape index (κ2) is 14.2. The van der Waals surface area contributed by atoms with Gasteiger partial charge < -0.3 is 10.6 Å². The Labute approximate surface area is 204 Å². The molecule has 0 atom stereocenters. The van der Waals surface area contributed by atoms with E-state index in [1.807, 2.05) is 6.92 Å². The van der Waals surface area contributed by atoms with Gasteiger partial charge in [-0.15, -0.1) is 18.0 Å². The molecule has 32 heavy (non-hydrogen) atoms. The van der Waals surface area contributed by atoms with E-state index in [0.29, 0.717) is 0 Å². The first-order valence-electron chi connectivity index (χ1n) is 10.8. The van der Waals surface area contributed by atoms with Crippen LogP contribution in [0, 0.1) is 16.2 Å². The second-order valence-corrected chi connectivity index (χ2v) is 12.7. The number of rotatable bonds is 3. The van der Waals surface area contributed by atoms with Gasteiger partial charge in [-0.25, -0.2) is 6.17 Å². The molecule has 0 N–H and O–H groups in total. The van der Waals surface area contributed by atoms with E-state index in [0.717, 1.165) is 0 Å². The first-order valence-corrected chi connectivity index (χ1v) is 12.6. The molecule has 0 aromatic heterocycles. The fourth-order valence-corrected chi connectivity index (χ4v) is 3.22. The van der Waals surface area contributed by atoms with Crippen LogP contribution in [0.15, 0.2) is 31.3 Å². The van der Waals surface area contributed by atoms with Crippen LogP contribution in [0.3, 0.4) is 0 Å². The molecule has 1 rings (SSSR count). The maximum atomic E-state index is 9.99. The molecule has 0 unspecified atom stereocenters. The van der Waals surface area contributed by atoms with Gasteiger partial charge in [0.05, 0.1) is 0 Å². The van der Waals surface area contributed by atoms with Gasteiger partial charge >= 0.3 is 77.8 Å². The summed E-state index contributed by atoms with van der Waals surface area (Å²) in [7, 11) is 0. The Morgan fingerprint density at radius 1 is 0.844 bits per heavy atom. The Morgan fingerprint density at radius 2 is 1.19 bits per heavy atom. The van der Waals surface area contributed by atoms with Crippen LogP contribution in [0.2, 0.25) is 0 Å². The summed E-state index contributed by atoms with van der Waals surface area (Å²) in [6, 6.07) is 8.51. The Bertz CT molecular complexity index is 684. The van der Waals surface area contributed by atoms with Crippen LogP contribution in [-0.4, -0.2) is 33.2 Å². The molecule has 0 bridgehead atoms. The van der Waals surface area contributed by atoms with Gasteiger partial charge in [-0.1, -0.05) is 53.7 Å². The minimum atomic E-state index is -0.473. The number of benzene rings is 1. The molecule has 1 aromatic rings. The predicted molar refractivity (Wildman–Crippen MR) is 132 cm³/mol. The minimum Gasteiger partial charge on any atom is -0.673 e. The van der Waals surface area contributed by atoms with Gasteiger partial charge in [-0.2, -0.15) is 18.2 Å². The summed E-state index contributed by atoms with van der Waals surface area (Å²) in [5.41, 5.74) is 0.366. The van der Waals surface area contributed by atoms with Gasteiger partial charge in [0.1, 0.15) is 0 Å². The summed E-state index contributed by atoms with van der Waals surface area (Å²) in [4.78, 5) is 9.56. The molecule has 0 aliphatic carbocycles. The molecule has 0 saturated heterocycles. The summed E-state index contributed by atoms with van der Waals surface area (Å²) >= 11 is -0.473. The fourth-order valence-electron chi connectivity index (χ4n) is 1.92. The van der Waals surface area contributed by atoms with E-state index in [4.69, 9.17) is 0 Å². The smallest absolute Gasteiger partial charge is 0.166 e. The Hall–Kier alpha value is -1.17. The molecule has 0 fully saturated rings. The molecule has 0 aliphatic heterocycles. The molecule has 0 amide bonds. The average Bonchev–Trinajstić information content (AvgIpc) is 2.50. The van der Waals surface area contributed by atoms with E-state index < -0.39 is 23.1 Å². The second-order valence-electron chi connectivity index (χ2n) is 11.4. The third-order valence-electron chi connectivity index (χ3n) is 2.69. The average molecular weight is 531 g/mol. The standard InChI is InChI=1S/C10H22N2.C6H4NO2.2C4H9N.Mo/c1-8(11-9(2,3)4)12-10(5,6)7;8-7(9)6-4-2-1-3-5-6;2*1-4(2,3)5;/h8H,1-7H3;2-5H;2*1-3H3;/q-2;-1;;;. The van der Waals surface area contributed by atoms with Gasteiger partial charge in [-0.3, -0.25) is 10.1 Å². The molecule has 1 aromatic carbocycles. The van der Waals surface area contributed by atoms with E-state index >= 15 is 0 Å². The number of hydrogen-bond acceptors (Lipinski definition) is 4. The molecule has 0 radical (unpaired) electrons. The third-order valence-corrected chi connectivity index (χ3v) is 5.78. The number of nitrogens with zero attached hydrogens (tertiary/aromatic N) is 5. The Kier molecular flexibility index (Phi) is 14.6. The molecule has 8 heteroatoms. The quantitative estimate of drug-likeness (QED) is 0.171. The zero-order valence-corrected chi connectivity index (χ0v) is 24.4. The summed E-state index contributed by atoms with van der Waals surface area (Å²) in [5.74, 6) is 0. The number of hydrogen-bond donors (Lipinski definition) is 0. The third kappa shape index (κ3) is 26.9. The van der Waals surface area contributed by atoms with Crippen LogP contribution < -0.4 is 0 Å². The summed E-state index contributed by atoms with van der Waals surface area (Å²) in [5, 5.41) is 19.0. The van der Waals surface area contributed by atoms with Crippen LogP contribution in [0.25, 0.3) is 10.6 Å². The van der Waals surface area contributed by atoms with Gasteiger partial charge in [0.15, 0.2) is 5.69 Å². The van der Waals surface area contributed by atoms with Crippen LogP contribution in [0.4, 0.5) is 5.69 Å². The van der Waals surface area contributed by atoms with E-state index in [-0.39, 0.29) is 34.0 Å². The van der Waals surface area contributed by atoms with Crippen molar-refractivity contribution in [3.05, 3.63) is 51.1 Å². The normalized spacial score (nSPS) is 12.1. The molecule has 7 nitrogen and oxygen atoms in total. The van der Waals surface area contributed by atoms with Crippen molar-refractivity contribution in [1.82, 2.24) is 0 Å². The number of nitro benzene ring substituents is 1. The van der Waals surface area contributed by atoms with Crippen molar-refractivity contribution >= 4 is 5.69 Å². The summed E-state index contributed by atoms with van der Waals surface area (Å²) < 4.78 is 9.01. The van der Waals surface area contributed by atoms with Crippen molar-refractivity contribution in [2.45, 2.75) is 118 Å². The number of nitro groups is 1. The maximum Gasteiger partial charge on any atom is 0.166 e. The van der Waals surface area contributed by atoms with Gasteiger partial charge in [0, 0.05) is 4.92 Å². The molecule has 0 spiro atoms. The van der Waals surface area contributed by atoms with Gasteiger partial charge in [0.25, 0.3) is 0 Å². The van der Waals surface area contributed by atoms with Crippen LogP contribution in [0.1, 0.15) is 90.0 Å². The van der Waals surface area contributed by atoms with Crippen molar-refractivity contribution in [3.8, 4) is 0 Å². The van der Waals surface area contributed by atoms with E-state index in [9.17, 15) is 10.1 Å². The molecule has 0 aliphatic rings.